The van der Waals surface area contributed by atoms with E-state index in [1.807, 2.05) is 0 Å². The number of rotatable bonds is 7. The molecular formula is C25H21F3N8O4S3. The van der Waals surface area contributed by atoms with E-state index in [1.165, 1.54) is 45.6 Å². The van der Waals surface area contributed by atoms with Crippen LogP contribution in [-0.4, -0.2) is 64.9 Å². The van der Waals surface area contributed by atoms with Gasteiger partial charge in [0.15, 0.2) is 5.01 Å². The minimum absolute atomic E-state index is 0.00676. The lowest BCUT2D eigenvalue weighted by Gasteiger charge is -2.26. The summed E-state index contributed by atoms with van der Waals surface area (Å²) in [6.45, 7) is 7.46. The Hall–Kier alpha value is -3.76. The Bertz CT molecular complexity index is 2050. The quantitative estimate of drug-likeness (QED) is 0.299. The zero-order valence-corrected chi connectivity index (χ0v) is 24.6. The molecule has 0 atom stereocenters. The van der Waals surface area contributed by atoms with Crippen molar-refractivity contribution in [1.82, 2.24) is 34.0 Å². The van der Waals surface area contributed by atoms with Crippen molar-refractivity contribution >= 4 is 47.9 Å². The number of fused-ring (bicyclic) bond motifs is 1. The van der Waals surface area contributed by atoms with Gasteiger partial charge in [0, 0.05) is 43.5 Å². The van der Waals surface area contributed by atoms with E-state index in [2.05, 4.69) is 29.8 Å². The van der Waals surface area contributed by atoms with Crippen molar-refractivity contribution in [3.63, 3.8) is 0 Å². The van der Waals surface area contributed by atoms with Gasteiger partial charge in [0.2, 0.25) is 25.1 Å². The predicted molar refractivity (Wildman–Crippen MR) is 149 cm³/mol. The lowest BCUT2D eigenvalue weighted by atomic mass is 9.97. The van der Waals surface area contributed by atoms with Crippen LogP contribution in [0.4, 0.5) is 13.2 Å². The van der Waals surface area contributed by atoms with Gasteiger partial charge in [-0.1, -0.05) is 17.4 Å². The lowest BCUT2D eigenvalue weighted by molar-refractivity contribution is -0.138. The van der Waals surface area contributed by atoms with E-state index in [-0.39, 0.29) is 56.7 Å². The highest BCUT2D eigenvalue weighted by atomic mass is 32.2. The number of nitrogens with zero attached hydrogens (tertiary/aromatic N) is 7. The number of nitrogens with one attached hydrogen (secondary N) is 1. The molecule has 18 heteroatoms. The summed E-state index contributed by atoms with van der Waals surface area (Å²) in [4.78, 5) is 7.11. The molecule has 0 radical (unpaired) electrons. The molecule has 1 aliphatic heterocycles. The van der Waals surface area contributed by atoms with Gasteiger partial charge >= 0.3 is 6.18 Å². The van der Waals surface area contributed by atoms with Crippen LogP contribution in [0.3, 0.4) is 0 Å². The Labute approximate surface area is 247 Å². The molecule has 6 rings (SSSR count). The van der Waals surface area contributed by atoms with Crippen LogP contribution in [0.1, 0.15) is 29.8 Å². The molecule has 2 aliphatic rings. The molecule has 12 nitrogen and oxygen atoms in total. The van der Waals surface area contributed by atoms with Crippen molar-refractivity contribution in [2.45, 2.75) is 40.9 Å². The number of benzene rings is 1. The molecule has 1 fully saturated rings. The van der Waals surface area contributed by atoms with Crippen LogP contribution in [-0.2, 0) is 33.3 Å². The fraction of sp³-hybridized carbons (Fsp3) is 0.320. The topological polar surface area (TPSA) is 144 Å². The first-order chi connectivity index (χ1) is 20.2. The van der Waals surface area contributed by atoms with Gasteiger partial charge in [-0.2, -0.15) is 22.6 Å². The molecule has 0 bridgehead atoms. The van der Waals surface area contributed by atoms with Crippen LogP contribution >= 0.6 is 11.3 Å². The summed E-state index contributed by atoms with van der Waals surface area (Å²) in [6.07, 6.45) is 0.555. The minimum Gasteiger partial charge on any atom is -0.292 e. The molecule has 1 aromatic carbocycles. The Balaban J connectivity index is 1.47. The van der Waals surface area contributed by atoms with Gasteiger partial charge < -0.3 is 0 Å². The number of aryl methyl sites for hydroxylation is 1. The van der Waals surface area contributed by atoms with Crippen LogP contribution in [0.15, 0.2) is 52.5 Å². The molecule has 0 spiro atoms. The first kappa shape index (κ1) is 29.3. The van der Waals surface area contributed by atoms with Crippen molar-refractivity contribution in [3.8, 4) is 10.7 Å². The Kier molecular flexibility index (Phi) is 6.93. The highest BCUT2D eigenvalue weighted by molar-refractivity contribution is 7.89. The molecular weight excluding hydrogens is 630 g/mol. The average molecular weight is 651 g/mol. The third kappa shape index (κ3) is 5.31. The maximum Gasteiger partial charge on any atom is 0.445 e. The van der Waals surface area contributed by atoms with Crippen LogP contribution in [0.25, 0.3) is 32.0 Å². The predicted octanol–water partition coefficient (Wildman–Crippen LogP) is 3.67. The van der Waals surface area contributed by atoms with Crippen molar-refractivity contribution < 1.29 is 30.0 Å². The van der Waals surface area contributed by atoms with Crippen molar-refractivity contribution in [2.75, 3.05) is 13.1 Å². The molecule has 1 N–H and O–H groups in total. The smallest absolute Gasteiger partial charge is 0.292 e. The number of alkyl halides is 3. The van der Waals surface area contributed by atoms with Gasteiger partial charge in [-0.05, 0) is 36.3 Å². The third-order valence-corrected chi connectivity index (χ3v) is 11.5. The summed E-state index contributed by atoms with van der Waals surface area (Å²) < 4.78 is 98.2. The van der Waals surface area contributed by atoms with E-state index < -0.39 is 36.9 Å². The zero-order valence-electron chi connectivity index (χ0n) is 22.2. The summed E-state index contributed by atoms with van der Waals surface area (Å²) in [6, 6.07) is 5.66. The fourth-order valence-electron chi connectivity index (χ4n) is 4.81. The van der Waals surface area contributed by atoms with Gasteiger partial charge in [0.1, 0.15) is 10.6 Å². The second kappa shape index (κ2) is 10.2. The summed E-state index contributed by atoms with van der Waals surface area (Å²) in [5, 5.41) is 10.2. The van der Waals surface area contributed by atoms with Crippen LogP contribution in [0.2, 0.25) is 0 Å². The molecule has 1 saturated carbocycles. The second-order valence-corrected chi connectivity index (χ2v) is 14.6. The highest BCUT2D eigenvalue weighted by Gasteiger charge is 2.54. The maximum atomic E-state index is 13.5. The molecule has 43 heavy (non-hydrogen) atoms. The number of hydrogen-bond donors (Lipinski definition) is 1. The van der Waals surface area contributed by atoms with E-state index in [9.17, 15) is 30.0 Å². The van der Waals surface area contributed by atoms with Gasteiger partial charge in [0.05, 0.1) is 23.3 Å². The van der Waals surface area contributed by atoms with Gasteiger partial charge in [0.25, 0.3) is 5.66 Å². The molecule has 224 valence electrons. The summed E-state index contributed by atoms with van der Waals surface area (Å²) in [5.74, 6) is 0. The van der Waals surface area contributed by atoms with Gasteiger partial charge in [-0.15, -0.1) is 14.9 Å². The number of pyridine rings is 1. The van der Waals surface area contributed by atoms with Gasteiger partial charge in [-0.25, -0.2) is 23.4 Å². The van der Waals surface area contributed by atoms with E-state index >= 15 is 0 Å². The normalized spacial score (nSPS) is 17.5. The Morgan fingerprint density at radius 1 is 1.14 bits per heavy atom. The Morgan fingerprint density at radius 3 is 2.49 bits per heavy atom. The first-order valence-corrected chi connectivity index (χ1v) is 16.4. The van der Waals surface area contributed by atoms with E-state index in [1.54, 1.807) is 13.1 Å². The van der Waals surface area contributed by atoms with E-state index in [0.29, 0.717) is 29.5 Å². The average Bonchev–Trinajstić information content (AvgIpc) is 3.39. The first-order valence-electron chi connectivity index (χ1n) is 12.7. The number of halogens is 3. The van der Waals surface area contributed by atoms with Crippen molar-refractivity contribution in [1.29, 1.82) is 0 Å². The van der Waals surface area contributed by atoms with Crippen LogP contribution < -0.4 is 4.72 Å². The molecule has 0 unspecified atom stereocenters. The molecule has 3 aromatic heterocycles. The number of sulfonamides is 2. The molecule has 4 heterocycles. The summed E-state index contributed by atoms with van der Waals surface area (Å²) >= 11 is 0.279. The number of aromatic nitrogens is 5. The highest BCUT2D eigenvalue weighted by Crippen LogP contribution is 2.42. The standard InChI is InChI=1S/C25H21F3N8O4S3/c1-29-24(7-8-24)34-42(37,38)17-12-18(15-5-10-36(11-6-15)43(39,40)16-4-3-9-30-14-16)21-19(13-17)20(33-35(21)2)22-31-32-23(41-22)25(26,27)28/h3-5,9,12-14,34H,6-8,10-11H2,2H3. The zero-order chi connectivity index (χ0) is 30.8. The number of hydrogen-bond acceptors (Lipinski definition) is 9. The van der Waals surface area contributed by atoms with Crippen molar-refractivity contribution in [2.24, 2.45) is 7.05 Å². The molecule has 0 amide bonds. The third-order valence-electron chi connectivity index (χ3n) is 7.14. The molecule has 1 aliphatic carbocycles. The van der Waals surface area contributed by atoms with E-state index in [0.717, 1.165) is 0 Å². The minimum atomic E-state index is -4.72. The monoisotopic (exact) mass is 650 g/mol. The summed E-state index contributed by atoms with van der Waals surface area (Å²) in [5.41, 5.74) is 0.211. The lowest BCUT2D eigenvalue weighted by Crippen LogP contribution is -2.35. The molecule has 0 saturated heterocycles. The van der Waals surface area contributed by atoms with Gasteiger partial charge in [-0.3, -0.25) is 14.5 Å². The second-order valence-electron chi connectivity index (χ2n) is 10.0. The SMILES string of the molecule is [C-]#[N+]C1(NS(=O)(=O)c2cc(C3=CCN(S(=O)(=O)c4cccnc4)CC3)c3c(c2)c(-c2nnc(C(F)(F)F)s2)nn3C)CC1. The summed E-state index contributed by atoms with van der Waals surface area (Å²) in [7, 11) is -6.53. The molecule has 4 aromatic rings. The fourth-order valence-corrected chi connectivity index (χ4v) is 8.28. The largest absolute Gasteiger partial charge is 0.445 e. The van der Waals surface area contributed by atoms with Crippen LogP contribution in [0, 0.1) is 6.57 Å². The Morgan fingerprint density at radius 2 is 1.91 bits per heavy atom. The maximum absolute atomic E-state index is 13.5. The van der Waals surface area contributed by atoms with E-state index in [4.69, 9.17) is 6.57 Å². The van der Waals surface area contributed by atoms with Crippen molar-refractivity contribution in [3.05, 3.63) is 64.7 Å². The van der Waals surface area contributed by atoms with Crippen LogP contribution in [0.5, 0.6) is 0 Å².